The fourth-order valence-corrected chi connectivity index (χ4v) is 3.59. The third-order valence-electron chi connectivity index (χ3n) is 5.26. The van der Waals surface area contributed by atoms with Crippen LogP contribution in [0.3, 0.4) is 0 Å². The van der Waals surface area contributed by atoms with Crippen molar-refractivity contribution in [2.75, 3.05) is 27.3 Å². The van der Waals surface area contributed by atoms with E-state index in [1.807, 2.05) is 29.2 Å². The van der Waals surface area contributed by atoms with Gasteiger partial charge in [0.05, 0.1) is 19.8 Å². The van der Waals surface area contributed by atoms with Crippen molar-refractivity contribution in [3.8, 4) is 23.0 Å². The summed E-state index contributed by atoms with van der Waals surface area (Å²) in [7, 11) is 3.23. The third-order valence-corrected chi connectivity index (χ3v) is 5.26. The fraction of sp³-hybridized carbons (Fsp3) is 0.318. The Morgan fingerprint density at radius 1 is 1.03 bits per heavy atom. The summed E-state index contributed by atoms with van der Waals surface area (Å²) in [5.74, 6) is 2.78. The van der Waals surface area contributed by atoms with Crippen LogP contribution in [0.1, 0.15) is 34.9 Å². The zero-order valence-corrected chi connectivity index (χ0v) is 16.5. The first-order chi connectivity index (χ1) is 14.2. The molecule has 0 atom stereocenters. The van der Waals surface area contributed by atoms with Crippen LogP contribution in [0.15, 0.2) is 53.1 Å². The molecule has 0 unspecified atom stereocenters. The SMILES string of the molecule is COc1ccc(C(=O)N2CCC(c3noc(-c4ccccc4OC)n3)CC2)cc1. The number of carbonyl (C=O) groups excluding carboxylic acids is 1. The number of piperidine rings is 1. The second-order valence-electron chi connectivity index (χ2n) is 6.95. The van der Waals surface area contributed by atoms with E-state index < -0.39 is 0 Å². The zero-order valence-electron chi connectivity index (χ0n) is 16.5. The minimum absolute atomic E-state index is 0.0360. The van der Waals surface area contributed by atoms with Crippen molar-refractivity contribution in [1.82, 2.24) is 15.0 Å². The van der Waals surface area contributed by atoms with Gasteiger partial charge in [-0.05, 0) is 49.2 Å². The molecule has 3 aromatic rings. The molecule has 1 saturated heterocycles. The molecular weight excluding hydrogens is 370 g/mol. The number of likely N-dealkylation sites (tertiary alicyclic amines) is 1. The molecule has 150 valence electrons. The van der Waals surface area contributed by atoms with E-state index in [1.54, 1.807) is 38.5 Å². The maximum Gasteiger partial charge on any atom is 0.261 e. The topological polar surface area (TPSA) is 77.7 Å². The van der Waals surface area contributed by atoms with Gasteiger partial charge in [-0.3, -0.25) is 4.79 Å². The highest BCUT2D eigenvalue weighted by molar-refractivity contribution is 5.94. The van der Waals surface area contributed by atoms with Crippen molar-refractivity contribution >= 4 is 5.91 Å². The van der Waals surface area contributed by atoms with Crippen LogP contribution in [0, 0.1) is 0 Å². The summed E-state index contributed by atoms with van der Waals surface area (Å²) in [4.78, 5) is 19.2. The summed E-state index contributed by atoms with van der Waals surface area (Å²) in [5, 5.41) is 4.18. The predicted octanol–water partition coefficient (Wildman–Crippen LogP) is 3.77. The number of benzene rings is 2. The second-order valence-corrected chi connectivity index (χ2v) is 6.95. The van der Waals surface area contributed by atoms with Gasteiger partial charge in [0.1, 0.15) is 11.5 Å². The maximum absolute atomic E-state index is 12.7. The van der Waals surface area contributed by atoms with Gasteiger partial charge in [0.15, 0.2) is 5.82 Å². The molecule has 0 saturated carbocycles. The Hall–Kier alpha value is -3.35. The van der Waals surface area contributed by atoms with E-state index in [0.29, 0.717) is 36.1 Å². The highest BCUT2D eigenvalue weighted by Crippen LogP contribution is 2.32. The van der Waals surface area contributed by atoms with Gasteiger partial charge in [0, 0.05) is 24.6 Å². The molecule has 0 radical (unpaired) electrons. The first-order valence-electron chi connectivity index (χ1n) is 9.60. The van der Waals surface area contributed by atoms with Gasteiger partial charge in [-0.2, -0.15) is 4.98 Å². The van der Waals surface area contributed by atoms with E-state index in [4.69, 9.17) is 14.0 Å². The number of para-hydroxylation sites is 1. The number of hydrogen-bond acceptors (Lipinski definition) is 6. The quantitative estimate of drug-likeness (QED) is 0.657. The van der Waals surface area contributed by atoms with Gasteiger partial charge >= 0.3 is 0 Å². The number of amides is 1. The van der Waals surface area contributed by atoms with Gasteiger partial charge in [-0.1, -0.05) is 17.3 Å². The van der Waals surface area contributed by atoms with Crippen LogP contribution in [0.4, 0.5) is 0 Å². The maximum atomic E-state index is 12.7. The molecule has 0 aliphatic carbocycles. The van der Waals surface area contributed by atoms with E-state index in [-0.39, 0.29) is 11.8 Å². The van der Waals surface area contributed by atoms with Crippen molar-refractivity contribution in [2.24, 2.45) is 0 Å². The standard InChI is InChI=1S/C22H23N3O4/c1-27-17-9-7-16(8-10-17)22(26)25-13-11-15(12-14-25)20-23-21(29-24-20)18-5-3-4-6-19(18)28-2/h3-10,15H,11-14H2,1-2H3. The highest BCUT2D eigenvalue weighted by atomic mass is 16.5. The Morgan fingerprint density at radius 2 is 1.76 bits per heavy atom. The van der Waals surface area contributed by atoms with Crippen molar-refractivity contribution in [2.45, 2.75) is 18.8 Å². The lowest BCUT2D eigenvalue weighted by atomic mass is 9.95. The smallest absolute Gasteiger partial charge is 0.261 e. The van der Waals surface area contributed by atoms with Crippen LogP contribution >= 0.6 is 0 Å². The molecule has 0 bridgehead atoms. The van der Waals surface area contributed by atoms with Crippen molar-refractivity contribution in [1.29, 1.82) is 0 Å². The highest BCUT2D eigenvalue weighted by Gasteiger charge is 2.28. The number of methoxy groups -OCH3 is 2. The minimum Gasteiger partial charge on any atom is -0.497 e. The van der Waals surface area contributed by atoms with Gasteiger partial charge in [-0.15, -0.1) is 0 Å². The summed E-state index contributed by atoms with van der Waals surface area (Å²) >= 11 is 0. The number of aromatic nitrogens is 2. The second kappa shape index (κ2) is 8.34. The molecule has 1 aliphatic rings. The average molecular weight is 393 g/mol. The molecule has 1 amide bonds. The molecule has 29 heavy (non-hydrogen) atoms. The molecule has 0 N–H and O–H groups in total. The molecular formula is C22H23N3O4. The lowest BCUT2D eigenvalue weighted by Gasteiger charge is -2.30. The normalized spacial score (nSPS) is 14.6. The van der Waals surface area contributed by atoms with Crippen LogP contribution in [0.5, 0.6) is 11.5 Å². The van der Waals surface area contributed by atoms with Gasteiger partial charge in [-0.25, -0.2) is 0 Å². The van der Waals surface area contributed by atoms with Crippen molar-refractivity contribution in [3.63, 3.8) is 0 Å². The molecule has 2 heterocycles. The number of hydrogen-bond donors (Lipinski definition) is 0. The van der Waals surface area contributed by atoms with Crippen LogP contribution < -0.4 is 9.47 Å². The van der Waals surface area contributed by atoms with Crippen LogP contribution in [0.2, 0.25) is 0 Å². The predicted molar refractivity (Wildman–Crippen MR) is 107 cm³/mol. The summed E-state index contributed by atoms with van der Waals surface area (Å²) in [6.45, 7) is 1.32. The monoisotopic (exact) mass is 393 g/mol. The molecule has 4 rings (SSSR count). The average Bonchev–Trinajstić information content (AvgIpc) is 3.29. The molecule has 7 nitrogen and oxygen atoms in total. The molecule has 1 fully saturated rings. The lowest BCUT2D eigenvalue weighted by molar-refractivity contribution is 0.0710. The zero-order chi connectivity index (χ0) is 20.2. The van der Waals surface area contributed by atoms with Gasteiger partial charge in [0.2, 0.25) is 0 Å². The van der Waals surface area contributed by atoms with Crippen LogP contribution in [0.25, 0.3) is 11.5 Å². The summed E-state index contributed by atoms with van der Waals surface area (Å²) in [5.41, 5.74) is 1.45. The first-order valence-corrected chi connectivity index (χ1v) is 9.60. The molecule has 7 heteroatoms. The number of carbonyl (C=O) groups is 1. The van der Waals surface area contributed by atoms with E-state index in [0.717, 1.165) is 24.2 Å². The van der Waals surface area contributed by atoms with Crippen molar-refractivity contribution in [3.05, 3.63) is 59.9 Å². The molecule has 2 aromatic carbocycles. The first kappa shape index (κ1) is 19.0. The van der Waals surface area contributed by atoms with Gasteiger partial charge < -0.3 is 18.9 Å². The Balaban J connectivity index is 1.41. The van der Waals surface area contributed by atoms with Gasteiger partial charge in [0.25, 0.3) is 11.8 Å². The Kier molecular flexibility index (Phi) is 5.46. The Labute approximate surface area is 169 Å². The molecule has 1 aromatic heterocycles. The van der Waals surface area contributed by atoms with Crippen LogP contribution in [-0.2, 0) is 0 Å². The molecule has 1 aliphatic heterocycles. The minimum atomic E-state index is 0.0360. The van der Waals surface area contributed by atoms with E-state index in [2.05, 4.69) is 10.1 Å². The summed E-state index contributed by atoms with van der Waals surface area (Å²) < 4.78 is 16.0. The van der Waals surface area contributed by atoms with E-state index in [1.165, 1.54) is 0 Å². The van der Waals surface area contributed by atoms with E-state index in [9.17, 15) is 4.79 Å². The third kappa shape index (κ3) is 3.94. The molecule has 0 spiro atoms. The number of ether oxygens (including phenoxy) is 2. The van der Waals surface area contributed by atoms with Crippen molar-refractivity contribution < 1.29 is 18.8 Å². The summed E-state index contributed by atoms with van der Waals surface area (Å²) in [6, 6.07) is 14.8. The fourth-order valence-electron chi connectivity index (χ4n) is 3.59. The Bertz CT molecular complexity index is 976. The van der Waals surface area contributed by atoms with E-state index >= 15 is 0 Å². The lowest BCUT2D eigenvalue weighted by Crippen LogP contribution is -2.38. The largest absolute Gasteiger partial charge is 0.497 e. The van der Waals surface area contributed by atoms with Crippen LogP contribution in [-0.4, -0.2) is 48.3 Å². The summed E-state index contributed by atoms with van der Waals surface area (Å²) in [6.07, 6.45) is 1.60. The number of nitrogens with zero attached hydrogens (tertiary/aromatic N) is 3. The number of rotatable bonds is 5. The Morgan fingerprint density at radius 3 is 2.45 bits per heavy atom.